The number of ketones is 1. The van der Waals surface area contributed by atoms with Crippen molar-refractivity contribution in [3.05, 3.63) is 81.9 Å². The molecule has 27 heavy (non-hydrogen) atoms. The van der Waals surface area contributed by atoms with Gasteiger partial charge in [-0.15, -0.1) is 11.3 Å². The van der Waals surface area contributed by atoms with Crippen LogP contribution < -0.4 is 5.32 Å². The maximum absolute atomic E-state index is 12.5. The Labute approximate surface area is 162 Å². The second-order valence-electron chi connectivity index (χ2n) is 6.96. The Morgan fingerprint density at radius 1 is 1.00 bits per heavy atom. The topological polar surface area (TPSA) is 59.1 Å². The minimum Gasteiger partial charge on any atom is -0.298 e. The van der Waals surface area contributed by atoms with Crippen LogP contribution in [-0.4, -0.2) is 16.7 Å². The van der Waals surface area contributed by atoms with Gasteiger partial charge in [-0.1, -0.05) is 49.4 Å². The lowest BCUT2D eigenvalue weighted by Crippen LogP contribution is -2.12. The number of fused-ring (bicyclic) bond motifs is 1. The monoisotopic (exact) mass is 376 g/mol. The minimum absolute atomic E-state index is 0.0516. The van der Waals surface area contributed by atoms with E-state index in [4.69, 9.17) is 0 Å². The number of aryl methyl sites for hydroxylation is 1. The zero-order valence-corrected chi connectivity index (χ0v) is 15.9. The quantitative estimate of drug-likeness (QED) is 0.669. The van der Waals surface area contributed by atoms with Crippen molar-refractivity contribution in [1.82, 2.24) is 4.98 Å². The summed E-state index contributed by atoms with van der Waals surface area (Å²) in [5.41, 5.74) is 2.84. The van der Waals surface area contributed by atoms with Gasteiger partial charge in [-0.3, -0.25) is 14.9 Å². The smallest absolute Gasteiger partial charge is 0.257 e. The summed E-state index contributed by atoms with van der Waals surface area (Å²) < 4.78 is 0. The Bertz CT molecular complexity index is 977. The average Bonchev–Trinajstić information content (AvgIpc) is 3.09. The summed E-state index contributed by atoms with van der Waals surface area (Å²) in [6.07, 6.45) is 3.18. The Hall–Kier alpha value is -2.79. The highest BCUT2D eigenvalue weighted by molar-refractivity contribution is 7.15. The first-order valence-electron chi connectivity index (χ1n) is 9.10. The second kappa shape index (κ2) is 7.45. The summed E-state index contributed by atoms with van der Waals surface area (Å²) in [7, 11) is 0. The standard InChI is InChI=1S/C22H20N2O2S/c1-14-7-12-18-19(13-14)27-22(23-18)24-21(26)17-10-8-16(9-11-17)20(25)15-5-3-2-4-6-15/h2-6,8-11,14H,7,12-13H2,1H3,(H,23,24,26). The van der Waals surface area contributed by atoms with E-state index < -0.39 is 0 Å². The van der Waals surface area contributed by atoms with Gasteiger partial charge in [0.05, 0.1) is 5.69 Å². The molecule has 5 heteroatoms. The third-order valence-electron chi connectivity index (χ3n) is 4.85. The minimum atomic E-state index is -0.201. The molecule has 1 aliphatic rings. The van der Waals surface area contributed by atoms with Gasteiger partial charge in [0.15, 0.2) is 10.9 Å². The third kappa shape index (κ3) is 3.83. The van der Waals surface area contributed by atoms with Gasteiger partial charge in [-0.2, -0.15) is 0 Å². The largest absolute Gasteiger partial charge is 0.298 e. The maximum atomic E-state index is 12.5. The molecule has 4 rings (SSSR count). The molecule has 0 bridgehead atoms. The van der Waals surface area contributed by atoms with Crippen molar-refractivity contribution in [2.75, 3.05) is 5.32 Å². The molecule has 1 heterocycles. The molecular formula is C22H20N2O2S. The molecule has 0 aliphatic heterocycles. The van der Waals surface area contributed by atoms with E-state index in [1.807, 2.05) is 18.2 Å². The van der Waals surface area contributed by atoms with Crippen LogP contribution in [0.4, 0.5) is 5.13 Å². The highest BCUT2D eigenvalue weighted by Gasteiger charge is 2.20. The number of rotatable bonds is 4. The molecule has 1 atom stereocenters. The molecule has 0 saturated carbocycles. The Balaban J connectivity index is 1.46. The number of hydrogen-bond donors (Lipinski definition) is 1. The fourth-order valence-corrected chi connectivity index (χ4v) is 4.46. The first-order valence-corrected chi connectivity index (χ1v) is 9.91. The predicted molar refractivity (Wildman–Crippen MR) is 108 cm³/mol. The van der Waals surface area contributed by atoms with Gasteiger partial charge in [0.1, 0.15) is 0 Å². The van der Waals surface area contributed by atoms with Gasteiger partial charge in [-0.05, 0) is 37.3 Å². The van der Waals surface area contributed by atoms with Crippen molar-refractivity contribution in [1.29, 1.82) is 0 Å². The summed E-state index contributed by atoms with van der Waals surface area (Å²) >= 11 is 1.57. The van der Waals surface area contributed by atoms with Crippen molar-refractivity contribution in [2.24, 2.45) is 5.92 Å². The lowest BCUT2D eigenvalue weighted by Gasteiger charge is -2.15. The van der Waals surface area contributed by atoms with Gasteiger partial charge in [-0.25, -0.2) is 4.98 Å². The number of amides is 1. The SMILES string of the molecule is CC1CCc2nc(NC(=O)c3ccc(C(=O)c4ccccc4)cc3)sc2C1. The number of anilines is 1. The van der Waals surface area contributed by atoms with E-state index in [9.17, 15) is 9.59 Å². The number of hydrogen-bond acceptors (Lipinski definition) is 4. The number of thiazole rings is 1. The molecule has 0 spiro atoms. The third-order valence-corrected chi connectivity index (χ3v) is 5.89. The van der Waals surface area contributed by atoms with Gasteiger partial charge >= 0.3 is 0 Å². The molecule has 1 aromatic heterocycles. The predicted octanol–water partition coefficient (Wildman–Crippen LogP) is 4.75. The summed E-state index contributed by atoms with van der Waals surface area (Å²) in [6, 6.07) is 15.9. The molecule has 1 aliphatic carbocycles. The summed E-state index contributed by atoms with van der Waals surface area (Å²) in [5.74, 6) is 0.424. The van der Waals surface area contributed by atoms with Gasteiger partial charge < -0.3 is 0 Å². The average molecular weight is 376 g/mol. The molecule has 1 unspecified atom stereocenters. The Kier molecular flexibility index (Phi) is 4.86. The number of nitrogens with one attached hydrogen (secondary N) is 1. The van der Waals surface area contributed by atoms with Crippen LogP contribution in [0.2, 0.25) is 0 Å². The van der Waals surface area contributed by atoms with E-state index >= 15 is 0 Å². The number of aromatic nitrogens is 1. The number of benzene rings is 2. The zero-order chi connectivity index (χ0) is 18.8. The molecule has 1 amide bonds. The van der Waals surface area contributed by atoms with Crippen LogP contribution in [0.15, 0.2) is 54.6 Å². The van der Waals surface area contributed by atoms with Gasteiger partial charge in [0.2, 0.25) is 0 Å². The van der Waals surface area contributed by atoms with Crippen LogP contribution in [-0.2, 0) is 12.8 Å². The molecule has 2 aromatic carbocycles. The van der Waals surface area contributed by atoms with Crippen molar-refractivity contribution < 1.29 is 9.59 Å². The number of carbonyl (C=O) groups is 2. The Morgan fingerprint density at radius 2 is 1.67 bits per heavy atom. The lowest BCUT2D eigenvalue weighted by atomic mass is 9.93. The van der Waals surface area contributed by atoms with E-state index in [1.54, 1.807) is 47.7 Å². The molecule has 4 nitrogen and oxygen atoms in total. The maximum Gasteiger partial charge on any atom is 0.257 e. The zero-order valence-electron chi connectivity index (χ0n) is 15.1. The van der Waals surface area contributed by atoms with Crippen LogP contribution in [0.1, 0.15) is 50.2 Å². The van der Waals surface area contributed by atoms with Crippen LogP contribution in [0.25, 0.3) is 0 Å². The van der Waals surface area contributed by atoms with E-state index in [-0.39, 0.29) is 11.7 Å². The van der Waals surface area contributed by atoms with Crippen molar-refractivity contribution in [2.45, 2.75) is 26.2 Å². The number of carbonyl (C=O) groups excluding carboxylic acids is 2. The molecule has 3 aromatic rings. The van der Waals surface area contributed by atoms with E-state index in [0.29, 0.717) is 27.7 Å². The van der Waals surface area contributed by atoms with Crippen molar-refractivity contribution in [3.63, 3.8) is 0 Å². The summed E-state index contributed by atoms with van der Waals surface area (Å²) in [6.45, 7) is 2.25. The lowest BCUT2D eigenvalue weighted by molar-refractivity contribution is 0.102. The highest BCUT2D eigenvalue weighted by atomic mass is 32.1. The van der Waals surface area contributed by atoms with Crippen LogP contribution in [0, 0.1) is 5.92 Å². The molecule has 0 radical (unpaired) electrons. The van der Waals surface area contributed by atoms with Gasteiger partial charge in [0.25, 0.3) is 5.91 Å². The Morgan fingerprint density at radius 3 is 2.41 bits per heavy atom. The molecule has 1 N–H and O–H groups in total. The van der Waals surface area contributed by atoms with E-state index in [0.717, 1.165) is 25.0 Å². The van der Waals surface area contributed by atoms with Crippen molar-refractivity contribution >= 4 is 28.2 Å². The first-order chi connectivity index (χ1) is 13.1. The molecule has 136 valence electrons. The molecule has 0 fully saturated rings. The van der Waals surface area contributed by atoms with E-state index in [2.05, 4.69) is 17.2 Å². The van der Waals surface area contributed by atoms with Crippen molar-refractivity contribution in [3.8, 4) is 0 Å². The fraction of sp³-hybridized carbons (Fsp3) is 0.227. The van der Waals surface area contributed by atoms with Crippen LogP contribution in [0.3, 0.4) is 0 Å². The highest BCUT2D eigenvalue weighted by Crippen LogP contribution is 2.32. The van der Waals surface area contributed by atoms with Crippen LogP contribution >= 0.6 is 11.3 Å². The second-order valence-corrected chi connectivity index (χ2v) is 8.05. The van der Waals surface area contributed by atoms with Gasteiger partial charge in [0, 0.05) is 21.6 Å². The number of nitrogens with zero attached hydrogens (tertiary/aromatic N) is 1. The summed E-state index contributed by atoms with van der Waals surface area (Å²) in [5, 5.41) is 3.55. The normalized spacial score (nSPS) is 15.8. The van der Waals surface area contributed by atoms with E-state index in [1.165, 1.54) is 4.88 Å². The summed E-state index contributed by atoms with van der Waals surface area (Å²) in [4.78, 5) is 30.8. The van der Waals surface area contributed by atoms with Crippen LogP contribution in [0.5, 0.6) is 0 Å². The fourth-order valence-electron chi connectivity index (χ4n) is 3.29. The molecule has 0 saturated heterocycles. The first kappa shape index (κ1) is 17.6. The molecular weight excluding hydrogens is 356 g/mol.